The molecule has 0 radical (unpaired) electrons. The Balaban J connectivity index is 1.78. The van der Waals surface area contributed by atoms with Gasteiger partial charge in [-0.3, -0.25) is 0 Å². The summed E-state index contributed by atoms with van der Waals surface area (Å²) in [6.07, 6.45) is 5.01. The van der Waals surface area contributed by atoms with E-state index in [0.717, 1.165) is 19.7 Å². The summed E-state index contributed by atoms with van der Waals surface area (Å²) in [5.41, 5.74) is 1.17. The van der Waals surface area contributed by atoms with Crippen LogP contribution in [0, 0.1) is 5.92 Å². The van der Waals surface area contributed by atoms with Gasteiger partial charge in [-0.2, -0.15) is 0 Å². The van der Waals surface area contributed by atoms with E-state index in [4.69, 9.17) is 4.74 Å². The van der Waals surface area contributed by atoms with Gasteiger partial charge < -0.3 is 14.6 Å². The minimum atomic E-state index is 0.453. The van der Waals surface area contributed by atoms with Crippen LogP contribution in [0.3, 0.4) is 0 Å². The Kier molecular flexibility index (Phi) is 3.96. The Bertz CT molecular complexity index is 316. The van der Waals surface area contributed by atoms with Gasteiger partial charge in [0.15, 0.2) is 0 Å². The van der Waals surface area contributed by atoms with E-state index in [1.54, 1.807) is 0 Å². The van der Waals surface area contributed by atoms with Crippen molar-refractivity contribution in [2.75, 3.05) is 19.7 Å². The van der Waals surface area contributed by atoms with Gasteiger partial charge in [0.2, 0.25) is 0 Å². The van der Waals surface area contributed by atoms with Gasteiger partial charge in [0.05, 0.1) is 31.4 Å². The lowest BCUT2D eigenvalue weighted by Crippen LogP contribution is -2.14. The predicted octanol–water partition coefficient (Wildman–Crippen LogP) is 1.59. The van der Waals surface area contributed by atoms with Gasteiger partial charge in [-0.15, -0.1) is 0 Å². The monoisotopic (exact) mass is 223 g/mol. The lowest BCUT2D eigenvalue weighted by atomic mass is 10.1. The van der Waals surface area contributed by atoms with Crippen molar-refractivity contribution in [1.82, 2.24) is 14.9 Å². The molecule has 1 aliphatic rings. The molecule has 1 aromatic heterocycles. The summed E-state index contributed by atoms with van der Waals surface area (Å²) in [4.78, 5) is 4.16. The number of hydrogen-bond acceptors (Lipinski definition) is 3. The number of ether oxygens (including phenoxy) is 1. The molecule has 90 valence electrons. The zero-order valence-corrected chi connectivity index (χ0v) is 10.1. The number of aromatic nitrogens is 2. The van der Waals surface area contributed by atoms with Crippen molar-refractivity contribution in [3.8, 4) is 0 Å². The van der Waals surface area contributed by atoms with Crippen molar-refractivity contribution >= 4 is 0 Å². The first-order valence-electron chi connectivity index (χ1n) is 6.06. The fourth-order valence-electron chi connectivity index (χ4n) is 2.10. The van der Waals surface area contributed by atoms with Crippen LogP contribution in [0.2, 0.25) is 0 Å². The molecule has 0 aromatic carbocycles. The fraction of sp³-hybridized carbons (Fsp3) is 0.750. The second kappa shape index (κ2) is 5.46. The first-order valence-corrected chi connectivity index (χ1v) is 6.06. The highest BCUT2D eigenvalue weighted by Crippen LogP contribution is 2.12. The molecule has 1 aliphatic heterocycles. The van der Waals surface area contributed by atoms with Crippen LogP contribution in [0.4, 0.5) is 0 Å². The van der Waals surface area contributed by atoms with Crippen LogP contribution in [-0.2, 0) is 11.3 Å². The minimum Gasteiger partial charge on any atom is -0.375 e. The molecule has 2 rings (SSSR count). The van der Waals surface area contributed by atoms with Crippen LogP contribution in [0.15, 0.2) is 12.5 Å². The zero-order valence-electron chi connectivity index (χ0n) is 10.1. The number of nitrogens with one attached hydrogen (secondary N) is 1. The molecule has 1 fully saturated rings. The number of rotatable bonds is 5. The van der Waals surface area contributed by atoms with Gasteiger partial charge in [0, 0.05) is 12.6 Å². The van der Waals surface area contributed by atoms with Crippen LogP contribution < -0.4 is 5.32 Å². The molecule has 1 unspecified atom stereocenters. The van der Waals surface area contributed by atoms with Crippen LogP contribution >= 0.6 is 0 Å². The Hall–Kier alpha value is -0.870. The minimum absolute atomic E-state index is 0.453. The lowest BCUT2D eigenvalue weighted by molar-refractivity contribution is 0.0877. The zero-order chi connectivity index (χ0) is 11.4. The van der Waals surface area contributed by atoms with Crippen LogP contribution in [0.25, 0.3) is 0 Å². The highest BCUT2D eigenvalue weighted by atomic mass is 16.5. The quantitative estimate of drug-likeness (QED) is 0.824. The summed E-state index contributed by atoms with van der Waals surface area (Å²) < 4.78 is 7.91. The van der Waals surface area contributed by atoms with E-state index < -0.39 is 0 Å². The molecule has 1 saturated heterocycles. The molecule has 0 saturated carbocycles. The van der Waals surface area contributed by atoms with E-state index in [0.29, 0.717) is 18.6 Å². The first-order chi connectivity index (χ1) is 7.77. The van der Waals surface area contributed by atoms with Gasteiger partial charge in [-0.1, -0.05) is 0 Å². The molecule has 4 heteroatoms. The van der Waals surface area contributed by atoms with E-state index in [1.807, 2.05) is 12.5 Å². The predicted molar refractivity (Wildman–Crippen MR) is 63.2 cm³/mol. The van der Waals surface area contributed by atoms with E-state index in [-0.39, 0.29) is 0 Å². The van der Waals surface area contributed by atoms with Crippen molar-refractivity contribution in [2.24, 2.45) is 5.92 Å². The maximum Gasteiger partial charge on any atom is 0.0951 e. The summed E-state index contributed by atoms with van der Waals surface area (Å²) >= 11 is 0. The van der Waals surface area contributed by atoms with Gasteiger partial charge >= 0.3 is 0 Å². The van der Waals surface area contributed by atoms with Crippen molar-refractivity contribution in [2.45, 2.75) is 32.9 Å². The molecule has 0 bridgehead atoms. The Morgan fingerprint density at radius 1 is 1.62 bits per heavy atom. The summed E-state index contributed by atoms with van der Waals surface area (Å²) in [5.74, 6) is 0.690. The third kappa shape index (κ3) is 2.83. The number of nitrogens with zero attached hydrogens (tertiary/aromatic N) is 2. The summed E-state index contributed by atoms with van der Waals surface area (Å²) in [7, 11) is 0. The number of imidazole rings is 1. The summed E-state index contributed by atoms with van der Waals surface area (Å²) in [6, 6.07) is 0.453. The molecule has 16 heavy (non-hydrogen) atoms. The first kappa shape index (κ1) is 11.6. The van der Waals surface area contributed by atoms with Gasteiger partial charge in [0.25, 0.3) is 0 Å². The third-order valence-electron chi connectivity index (χ3n) is 3.07. The maximum absolute atomic E-state index is 5.75. The smallest absolute Gasteiger partial charge is 0.0951 e. The maximum atomic E-state index is 5.75. The molecule has 1 aromatic rings. The van der Waals surface area contributed by atoms with Crippen molar-refractivity contribution < 1.29 is 4.74 Å². The molecular weight excluding hydrogens is 202 g/mol. The molecular formula is C12H21N3O. The largest absolute Gasteiger partial charge is 0.375 e. The third-order valence-corrected chi connectivity index (χ3v) is 3.07. The van der Waals surface area contributed by atoms with E-state index in [9.17, 15) is 0 Å². The lowest BCUT2D eigenvalue weighted by Gasteiger charge is -2.13. The van der Waals surface area contributed by atoms with Gasteiger partial charge in [0.1, 0.15) is 0 Å². The van der Waals surface area contributed by atoms with Crippen LogP contribution in [-0.4, -0.2) is 29.2 Å². The second-order valence-electron chi connectivity index (χ2n) is 4.76. The summed E-state index contributed by atoms with van der Waals surface area (Å²) in [6.45, 7) is 8.09. The van der Waals surface area contributed by atoms with Crippen molar-refractivity contribution in [3.63, 3.8) is 0 Å². The SMILES string of the molecule is CC(C)n1cncc1COCC1CCNC1. The molecule has 0 amide bonds. The van der Waals surface area contributed by atoms with E-state index in [2.05, 4.69) is 28.7 Å². The summed E-state index contributed by atoms with van der Waals surface area (Å²) in [5, 5.41) is 3.35. The van der Waals surface area contributed by atoms with Crippen LogP contribution in [0.1, 0.15) is 32.0 Å². The van der Waals surface area contributed by atoms with E-state index in [1.165, 1.54) is 12.1 Å². The van der Waals surface area contributed by atoms with Gasteiger partial charge in [-0.25, -0.2) is 4.98 Å². The number of hydrogen-bond donors (Lipinski definition) is 1. The Labute approximate surface area is 97.0 Å². The van der Waals surface area contributed by atoms with Crippen molar-refractivity contribution in [3.05, 3.63) is 18.2 Å². The van der Waals surface area contributed by atoms with Crippen LogP contribution in [0.5, 0.6) is 0 Å². The fourth-order valence-corrected chi connectivity index (χ4v) is 2.10. The standard InChI is InChI=1S/C12H21N3O/c1-10(2)15-9-14-6-12(15)8-16-7-11-3-4-13-5-11/h6,9-11,13H,3-5,7-8H2,1-2H3. The molecule has 4 nitrogen and oxygen atoms in total. The average Bonchev–Trinajstić information content (AvgIpc) is 2.87. The average molecular weight is 223 g/mol. The molecule has 1 atom stereocenters. The highest BCUT2D eigenvalue weighted by Gasteiger charge is 2.14. The molecule has 0 aliphatic carbocycles. The molecule has 0 spiro atoms. The topological polar surface area (TPSA) is 39.1 Å². The normalized spacial score (nSPS) is 20.8. The second-order valence-corrected chi connectivity index (χ2v) is 4.76. The van der Waals surface area contributed by atoms with E-state index >= 15 is 0 Å². The molecule has 2 heterocycles. The van der Waals surface area contributed by atoms with Gasteiger partial charge in [-0.05, 0) is 32.7 Å². The molecule has 1 N–H and O–H groups in total. The Morgan fingerprint density at radius 2 is 2.50 bits per heavy atom. The van der Waals surface area contributed by atoms with Crippen molar-refractivity contribution in [1.29, 1.82) is 0 Å². The Morgan fingerprint density at radius 3 is 3.19 bits per heavy atom. The highest BCUT2D eigenvalue weighted by molar-refractivity contribution is 4.97.